The average Bonchev–Trinajstić information content (AvgIpc) is 3.10. The molecule has 0 saturated heterocycles. The molecule has 4 saturated carbocycles. The molecule has 17 heteroatoms. The third-order valence-corrected chi connectivity index (χ3v) is 13.9. The van der Waals surface area contributed by atoms with Crippen LogP contribution in [0.15, 0.2) is 45.9 Å². The number of nitrogens with one attached hydrogen (secondary N) is 1. The van der Waals surface area contributed by atoms with Gasteiger partial charge >= 0.3 is 12.1 Å². The molecule has 0 aromatic carbocycles. The normalized spacial score (nSPS) is 34.3. The van der Waals surface area contributed by atoms with Crippen LogP contribution in [0.2, 0.25) is 0 Å². The molecule has 0 aromatic heterocycles. The number of hydrogen-bond donors (Lipinski definition) is 6. The molecule has 59 heavy (non-hydrogen) atoms. The Morgan fingerprint density at radius 2 is 1.53 bits per heavy atom. The van der Waals surface area contributed by atoms with Crippen molar-refractivity contribution in [1.82, 2.24) is 20.0 Å². The summed E-state index contributed by atoms with van der Waals surface area (Å²) >= 11 is 0. The molecule has 1 unspecified atom stereocenters. The van der Waals surface area contributed by atoms with Crippen LogP contribution in [0.1, 0.15) is 72.1 Å². The molecule has 7 N–H and O–H groups in total. The molecule has 4 fully saturated rings. The third kappa shape index (κ3) is 7.06. The van der Waals surface area contributed by atoms with E-state index in [1.165, 1.54) is 11.0 Å². The van der Waals surface area contributed by atoms with Crippen LogP contribution < -0.4 is 11.1 Å². The number of hydrogen-bond acceptors (Lipinski definition) is 14. The van der Waals surface area contributed by atoms with Crippen LogP contribution in [0.3, 0.4) is 0 Å². The van der Waals surface area contributed by atoms with E-state index in [1.807, 2.05) is 0 Å². The summed E-state index contributed by atoms with van der Waals surface area (Å²) in [5, 5.41) is 49.3. The number of aliphatic hydroxyl groups is 4. The van der Waals surface area contributed by atoms with Crippen molar-refractivity contribution in [3.05, 3.63) is 45.9 Å². The third-order valence-electron chi connectivity index (χ3n) is 13.9. The molecule has 8 rings (SSSR count). The van der Waals surface area contributed by atoms with Crippen LogP contribution in [0.5, 0.6) is 0 Å². The van der Waals surface area contributed by atoms with E-state index >= 15 is 0 Å². The number of likely N-dealkylation sites (N-methyl/N-ethyl adjacent to an activating group) is 2. The molecular formula is C42H57N5O12. The highest BCUT2D eigenvalue weighted by Crippen LogP contribution is 2.60. The fourth-order valence-corrected chi connectivity index (χ4v) is 11.6. The number of rotatable bonds is 9. The number of nitrogens with zero attached hydrogens (tertiary/aromatic N) is 3. The zero-order valence-corrected chi connectivity index (χ0v) is 34.7. The number of amides is 3. The number of fused-ring (bicyclic) bond motifs is 2. The lowest BCUT2D eigenvalue weighted by Gasteiger charge is -2.55. The van der Waals surface area contributed by atoms with Gasteiger partial charge in [0.15, 0.2) is 11.6 Å². The summed E-state index contributed by atoms with van der Waals surface area (Å²) in [6.07, 6.45) is 7.40. The van der Waals surface area contributed by atoms with Gasteiger partial charge in [0.2, 0.25) is 18.5 Å². The van der Waals surface area contributed by atoms with Crippen molar-refractivity contribution in [3.63, 3.8) is 0 Å². The number of ketones is 2. The van der Waals surface area contributed by atoms with Gasteiger partial charge in [-0.1, -0.05) is 0 Å². The summed E-state index contributed by atoms with van der Waals surface area (Å²) in [5.41, 5.74) is 0.889. The van der Waals surface area contributed by atoms with Crippen LogP contribution in [-0.4, -0.2) is 141 Å². The molecule has 4 bridgehead atoms. The van der Waals surface area contributed by atoms with Crippen molar-refractivity contribution in [2.24, 2.45) is 40.7 Å². The number of esters is 1. The van der Waals surface area contributed by atoms with Crippen LogP contribution in [0.25, 0.3) is 0 Å². The minimum atomic E-state index is -3.00. The SMILES string of the molecule is CN(C)C1=CC(NC(=O)CN(C(=O)OCOC(=O)C23CC4CC(CC(C4)C2)C3)C(C)(C)C)C(O)(O)C2=C1C[C@H]1C[C@H]3[C@H](N(C)C)C(=O)C(C(N)=O)=C(O)[C@]3(O)C=C1C2=O. The molecule has 3 amide bonds. The molecular weight excluding hydrogens is 766 g/mol. The monoisotopic (exact) mass is 823 g/mol. The van der Waals surface area contributed by atoms with Gasteiger partial charge in [0.1, 0.15) is 29.5 Å². The molecule has 0 radical (unpaired) electrons. The number of aliphatic hydroxyl groups excluding tert-OH is 1. The second kappa shape index (κ2) is 14.6. The lowest BCUT2D eigenvalue weighted by molar-refractivity contribution is -0.180. The second-order valence-electron chi connectivity index (χ2n) is 19.3. The topological polar surface area (TPSA) is 250 Å². The molecule has 0 aliphatic heterocycles. The molecule has 0 heterocycles. The first-order chi connectivity index (χ1) is 27.4. The van der Waals surface area contributed by atoms with Crippen molar-refractivity contribution in [1.29, 1.82) is 0 Å². The Labute approximate surface area is 342 Å². The Balaban J connectivity index is 1.09. The summed E-state index contributed by atoms with van der Waals surface area (Å²) in [6, 6.07) is -2.71. The number of allylic oxidation sites excluding steroid dienone is 2. The number of ether oxygens (including phenoxy) is 2. The lowest BCUT2D eigenvalue weighted by Crippen LogP contribution is -2.62. The first kappa shape index (κ1) is 42.5. The number of carbonyl (C=O) groups excluding carboxylic acids is 6. The van der Waals surface area contributed by atoms with Gasteiger partial charge in [-0.05, 0) is 128 Å². The van der Waals surface area contributed by atoms with Crippen LogP contribution in [-0.2, 0) is 33.4 Å². The lowest BCUT2D eigenvalue weighted by atomic mass is 9.49. The van der Waals surface area contributed by atoms with E-state index in [1.54, 1.807) is 53.9 Å². The van der Waals surface area contributed by atoms with Gasteiger partial charge in [0.25, 0.3) is 5.91 Å². The molecule has 8 aliphatic carbocycles. The van der Waals surface area contributed by atoms with E-state index in [-0.39, 0.29) is 30.0 Å². The molecule has 0 aromatic rings. The highest BCUT2D eigenvalue weighted by Gasteiger charge is 2.60. The maximum atomic E-state index is 14.5. The minimum Gasteiger partial charge on any atom is -0.508 e. The fraction of sp³-hybridized carbons (Fsp3) is 0.667. The van der Waals surface area contributed by atoms with Crippen molar-refractivity contribution >= 4 is 35.4 Å². The maximum Gasteiger partial charge on any atom is 0.413 e. The Hall–Kier alpha value is -4.58. The Bertz CT molecular complexity index is 1970. The van der Waals surface area contributed by atoms with Crippen molar-refractivity contribution < 1.29 is 58.7 Å². The van der Waals surface area contributed by atoms with Crippen molar-refractivity contribution in [2.45, 2.75) is 101 Å². The quantitative estimate of drug-likeness (QED) is 0.108. The van der Waals surface area contributed by atoms with Gasteiger partial charge in [-0.3, -0.25) is 33.8 Å². The number of Topliss-reactive ketones (excluding diaryl/α,β-unsaturated/α-hetero) is 2. The predicted octanol–water partition coefficient (Wildman–Crippen LogP) is 0.939. The van der Waals surface area contributed by atoms with Crippen molar-refractivity contribution in [3.8, 4) is 0 Å². The zero-order chi connectivity index (χ0) is 43.3. The Morgan fingerprint density at radius 3 is 2.05 bits per heavy atom. The highest BCUT2D eigenvalue weighted by atomic mass is 16.7. The van der Waals surface area contributed by atoms with Gasteiger partial charge < -0.3 is 45.9 Å². The van der Waals surface area contributed by atoms with Crippen LogP contribution in [0.4, 0.5) is 4.79 Å². The first-order valence-corrected chi connectivity index (χ1v) is 20.3. The van der Waals surface area contributed by atoms with E-state index in [0.717, 1.165) is 49.5 Å². The second-order valence-corrected chi connectivity index (χ2v) is 19.3. The fourth-order valence-electron chi connectivity index (χ4n) is 11.6. The molecule has 8 aliphatic rings. The van der Waals surface area contributed by atoms with E-state index < -0.39 is 106 Å². The summed E-state index contributed by atoms with van der Waals surface area (Å²) < 4.78 is 10.9. The highest BCUT2D eigenvalue weighted by molar-refractivity contribution is 6.22. The van der Waals surface area contributed by atoms with E-state index in [2.05, 4.69) is 5.32 Å². The smallest absolute Gasteiger partial charge is 0.413 e. The molecule has 5 atom stereocenters. The Morgan fingerprint density at radius 1 is 0.932 bits per heavy atom. The van der Waals surface area contributed by atoms with Crippen LogP contribution >= 0.6 is 0 Å². The largest absolute Gasteiger partial charge is 0.508 e. The van der Waals surface area contributed by atoms with E-state index in [0.29, 0.717) is 23.5 Å². The van der Waals surface area contributed by atoms with E-state index in [9.17, 15) is 49.2 Å². The van der Waals surface area contributed by atoms with Crippen LogP contribution in [0, 0.1) is 35.0 Å². The maximum absolute atomic E-state index is 14.5. The van der Waals surface area contributed by atoms with Crippen molar-refractivity contribution in [2.75, 3.05) is 41.5 Å². The van der Waals surface area contributed by atoms with Gasteiger partial charge in [-0.15, -0.1) is 0 Å². The Kier molecular flexibility index (Phi) is 10.5. The number of carbonyl (C=O) groups is 6. The first-order valence-electron chi connectivity index (χ1n) is 20.3. The standard InChI is InChI=1S/C42H57N5O12/c1-39(2,3)47(38(54)59-19-58-37(53)40-14-20-8-21(15-40)10-22(9-20)16-40)18-29(48)44-28-13-27(45(4)5)24-11-23-12-26-32(46(6)7)34(50)30(36(43)52)35(51)41(26,55)17-25(23)33(49)31(24)42(28,56)57/h13,17,20-23,26,28,32,51,55-57H,8-12,14-16,18-19H2,1-7H3,(H2,43,52)(H,44,48)/t20?,21?,22?,23-,26-,28?,32-,40?,41-/m0/s1. The minimum absolute atomic E-state index is 0.000474. The number of primary amides is 1. The van der Waals surface area contributed by atoms with Gasteiger partial charge in [-0.2, -0.15) is 0 Å². The number of nitrogens with two attached hydrogens (primary N) is 1. The summed E-state index contributed by atoms with van der Waals surface area (Å²) in [7, 11) is 6.51. The summed E-state index contributed by atoms with van der Waals surface area (Å²) in [5.74, 6) is -8.18. The average molecular weight is 824 g/mol. The van der Waals surface area contributed by atoms with E-state index in [4.69, 9.17) is 15.2 Å². The molecule has 322 valence electrons. The summed E-state index contributed by atoms with van der Waals surface area (Å²) in [6.45, 7) is 3.77. The van der Waals surface area contributed by atoms with Gasteiger partial charge in [0, 0.05) is 36.8 Å². The van der Waals surface area contributed by atoms with Gasteiger partial charge in [-0.25, -0.2) is 4.79 Å². The predicted molar refractivity (Wildman–Crippen MR) is 208 cm³/mol. The zero-order valence-electron chi connectivity index (χ0n) is 34.7. The summed E-state index contributed by atoms with van der Waals surface area (Å²) in [4.78, 5) is 85.0. The van der Waals surface area contributed by atoms with Gasteiger partial charge in [0.05, 0.1) is 17.0 Å². The molecule has 0 spiro atoms. The molecule has 17 nitrogen and oxygen atoms in total.